The van der Waals surface area contributed by atoms with Crippen molar-refractivity contribution >= 4 is 40.2 Å². The van der Waals surface area contributed by atoms with Crippen LogP contribution in [0.2, 0.25) is 10.0 Å². The fourth-order valence-electron chi connectivity index (χ4n) is 3.60. The highest BCUT2D eigenvalue weighted by Crippen LogP contribution is 2.32. The third-order valence-corrected chi connectivity index (χ3v) is 6.13. The topological polar surface area (TPSA) is 39.1 Å². The lowest BCUT2D eigenvalue weighted by Gasteiger charge is -2.19. The number of anilines is 1. The van der Waals surface area contributed by atoms with E-state index in [1.54, 1.807) is 6.07 Å². The summed E-state index contributed by atoms with van der Waals surface area (Å²) in [7, 11) is 0. The number of hydrogen-bond donors (Lipinski definition) is 1. The standard InChI is InChI=1S/C26H26Cl2FN3O/c1-26(2,3)18-6-4-17(5-7-18)16-30-25-31-23-14-21(27)22(28)15-24(23)32(25)19-8-10-20(11-9-19)33-13-12-29/h4-11,14-15H,12-13,16H2,1-3H3,(H,30,31). The summed E-state index contributed by atoms with van der Waals surface area (Å²) in [5.41, 5.74) is 4.97. The van der Waals surface area contributed by atoms with Crippen LogP contribution in [-0.2, 0) is 12.0 Å². The number of alkyl halides is 1. The minimum atomic E-state index is -0.530. The molecule has 1 heterocycles. The van der Waals surface area contributed by atoms with Gasteiger partial charge in [-0.15, -0.1) is 0 Å². The molecule has 0 saturated heterocycles. The van der Waals surface area contributed by atoms with Gasteiger partial charge in [-0.2, -0.15) is 0 Å². The van der Waals surface area contributed by atoms with Crippen molar-refractivity contribution < 1.29 is 9.13 Å². The van der Waals surface area contributed by atoms with Crippen molar-refractivity contribution in [1.29, 1.82) is 0 Å². The van der Waals surface area contributed by atoms with Gasteiger partial charge in [-0.3, -0.25) is 4.57 Å². The summed E-state index contributed by atoms with van der Waals surface area (Å²) in [6.45, 7) is 6.71. The molecule has 0 saturated carbocycles. The van der Waals surface area contributed by atoms with Gasteiger partial charge in [-0.1, -0.05) is 68.2 Å². The normalized spacial score (nSPS) is 11.7. The molecule has 0 unspecified atom stereocenters. The fourth-order valence-corrected chi connectivity index (χ4v) is 3.92. The summed E-state index contributed by atoms with van der Waals surface area (Å²) in [6.07, 6.45) is 0. The van der Waals surface area contributed by atoms with Gasteiger partial charge in [0.2, 0.25) is 5.95 Å². The lowest BCUT2D eigenvalue weighted by molar-refractivity contribution is 0.273. The maximum Gasteiger partial charge on any atom is 0.208 e. The minimum absolute atomic E-state index is 0.0300. The van der Waals surface area contributed by atoms with E-state index in [4.69, 9.17) is 32.9 Å². The van der Waals surface area contributed by atoms with Crippen LogP contribution in [0.3, 0.4) is 0 Å². The minimum Gasteiger partial charge on any atom is -0.491 e. The van der Waals surface area contributed by atoms with Gasteiger partial charge in [0.05, 0.1) is 21.1 Å². The zero-order valence-corrected chi connectivity index (χ0v) is 20.3. The van der Waals surface area contributed by atoms with Crippen molar-refractivity contribution in [2.45, 2.75) is 32.7 Å². The van der Waals surface area contributed by atoms with Crippen molar-refractivity contribution in [3.8, 4) is 11.4 Å². The molecule has 1 aromatic heterocycles. The van der Waals surface area contributed by atoms with E-state index in [-0.39, 0.29) is 12.0 Å². The summed E-state index contributed by atoms with van der Waals surface area (Å²) >= 11 is 12.6. The zero-order chi connectivity index (χ0) is 23.6. The van der Waals surface area contributed by atoms with Crippen LogP contribution in [0.25, 0.3) is 16.7 Å². The summed E-state index contributed by atoms with van der Waals surface area (Å²) < 4.78 is 19.8. The highest BCUT2D eigenvalue weighted by atomic mass is 35.5. The first-order valence-electron chi connectivity index (χ1n) is 10.8. The van der Waals surface area contributed by atoms with Gasteiger partial charge in [0.25, 0.3) is 0 Å². The fraction of sp³-hybridized carbons (Fsp3) is 0.269. The number of benzene rings is 3. The molecule has 33 heavy (non-hydrogen) atoms. The van der Waals surface area contributed by atoms with Gasteiger partial charge in [-0.05, 0) is 52.9 Å². The Labute approximate surface area is 203 Å². The van der Waals surface area contributed by atoms with Crippen LogP contribution < -0.4 is 10.1 Å². The van der Waals surface area contributed by atoms with Crippen LogP contribution in [0.1, 0.15) is 31.9 Å². The molecule has 1 N–H and O–H groups in total. The van der Waals surface area contributed by atoms with E-state index in [1.807, 2.05) is 34.9 Å². The van der Waals surface area contributed by atoms with Gasteiger partial charge in [0, 0.05) is 12.2 Å². The second-order valence-corrected chi connectivity index (χ2v) is 9.67. The average Bonchev–Trinajstić information content (AvgIpc) is 3.13. The zero-order valence-electron chi connectivity index (χ0n) is 18.8. The molecular weight excluding hydrogens is 460 g/mol. The molecule has 4 aromatic rings. The highest BCUT2D eigenvalue weighted by Gasteiger charge is 2.16. The molecule has 4 rings (SSSR count). The van der Waals surface area contributed by atoms with Crippen LogP contribution >= 0.6 is 23.2 Å². The third kappa shape index (κ3) is 5.26. The molecule has 0 radical (unpaired) electrons. The van der Waals surface area contributed by atoms with Crippen LogP contribution in [-0.4, -0.2) is 22.8 Å². The monoisotopic (exact) mass is 485 g/mol. The van der Waals surface area contributed by atoms with E-state index in [1.165, 1.54) is 5.56 Å². The molecule has 0 aliphatic rings. The smallest absolute Gasteiger partial charge is 0.208 e. The average molecular weight is 486 g/mol. The first-order valence-corrected chi connectivity index (χ1v) is 11.5. The number of rotatable bonds is 7. The van der Waals surface area contributed by atoms with E-state index in [2.05, 4.69) is 50.4 Å². The summed E-state index contributed by atoms with van der Waals surface area (Å²) in [4.78, 5) is 4.76. The molecule has 4 nitrogen and oxygen atoms in total. The Bertz CT molecular complexity index is 1250. The first-order chi connectivity index (χ1) is 15.8. The molecule has 0 bridgehead atoms. The number of fused-ring (bicyclic) bond motifs is 1. The Morgan fingerprint density at radius 2 is 1.64 bits per heavy atom. The Hall–Kier alpha value is -2.76. The number of nitrogens with zero attached hydrogens (tertiary/aromatic N) is 2. The van der Waals surface area contributed by atoms with E-state index in [0.717, 1.165) is 22.3 Å². The predicted octanol–water partition coefficient (Wildman–Crippen LogP) is 7.59. The van der Waals surface area contributed by atoms with Crippen molar-refractivity contribution in [3.05, 3.63) is 81.8 Å². The molecule has 0 aliphatic heterocycles. The van der Waals surface area contributed by atoms with E-state index < -0.39 is 6.67 Å². The maximum absolute atomic E-state index is 12.4. The molecule has 0 atom stereocenters. The molecule has 7 heteroatoms. The van der Waals surface area contributed by atoms with Gasteiger partial charge in [-0.25, -0.2) is 9.37 Å². The number of halogens is 3. The Morgan fingerprint density at radius 3 is 2.27 bits per heavy atom. The first kappa shape index (κ1) is 23.4. The maximum atomic E-state index is 12.4. The third-order valence-electron chi connectivity index (χ3n) is 5.41. The van der Waals surface area contributed by atoms with Crippen LogP contribution in [0.15, 0.2) is 60.7 Å². The second-order valence-electron chi connectivity index (χ2n) is 8.86. The molecule has 0 spiro atoms. The summed E-state index contributed by atoms with van der Waals surface area (Å²) in [5.74, 6) is 1.27. The lowest BCUT2D eigenvalue weighted by Crippen LogP contribution is -2.11. The number of nitrogens with one attached hydrogen (secondary N) is 1. The largest absolute Gasteiger partial charge is 0.491 e. The molecular formula is C26H26Cl2FN3O. The quantitative estimate of drug-likeness (QED) is 0.293. The van der Waals surface area contributed by atoms with Crippen LogP contribution in [0.4, 0.5) is 10.3 Å². The highest BCUT2D eigenvalue weighted by molar-refractivity contribution is 6.42. The lowest BCUT2D eigenvalue weighted by atomic mass is 9.87. The van der Waals surface area contributed by atoms with Crippen molar-refractivity contribution in [2.24, 2.45) is 0 Å². The van der Waals surface area contributed by atoms with E-state index in [0.29, 0.717) is 28.3 Å². The van der Waals surface area contributed by atoms with Crippen molar-refractivity contribution in [2.75, 3.05) is 18.6 Å². The Balaban J connectivity index is 1.67. The molecule has 0 amide bonds. The Morgan fingerprint density at radius 1 is 0.970 bits per heavy atom. The van der Waals surface area contributed by atoms with E-state index >= 15 is 0 Å². The van der Waals surface area contributed by atoms with E-state index in [9.17, 15) is 4.39 Å². The predicted molar refractivity (Wildman–Crippen MR) is 135 cm³/mol. The molecule has 3 aromatic carbocycles. The second kappa shape index (κ2) is 9.62. The summed E-state index contributed by atoms with van der Waals surface area (Å²) in [6, 6.07) is 19.6. The number of ether oxygens (including phenoxy) is 1. The van der Waals surface area contributed by atoms with Crippen molar-refractivity contribution in [3.63, 3.8) is 0 Å². The number of aromatic nitrogens is 2. The van der Waals surface area contributed by atoms with Crippen molar-refractivity contribution in [1.82, 2.24) is 9.55 Å². The van der Waals surface area contributed by atoms with Gasteiger partial charge in [0.1, 0.15) is 19.0 Å². The van der Waals surface area contributed by atoms with Crippen LogP contribution in [0.5, 0.6) is 5.75 Å². The SMILES string of the molecule is CC(C)(C)c1ccc(CNc2nc3cc(Cl)c(Cl)cc3n2-c2ccc(OCCF)cc2)cc1. The van der Waals surface area contributed by atoms with Gasteiger partial charge >= 0.3 is 0 Å². The molecule has 0 aliphatic carbocycles. The number of hydrogen-bond acceptors (Lipinski definition) is 3. The van der Waals surface area contributed by atoms with Gasteiger partial charge in [0.15, 0.2) is 0 Å². The Kier molecular flexibility index (Phi) is 6.82. The molecule has 0 fully saturated rings. The van der Waals surface area contributed by atoms with Gasteiger partial charge < -0.3 is 10.1 Å². The summed E-state index contributed by atoms with van der Waals surface area (Å²) in [5, 5.41) is 4.36. The number of imidazole rings is 1. The molecule has 172 valence electrons. The van der Waals surface area contributed by atoms with Crippen LogP contribution in [0, 0.1) is 0 Å².